The van der Waals surface area contributed by atoms with E-state index in [9.17, 15) is 4.79 Å². The minimum atomic E-state index is 0.363. The Kier molecular flexibility index (Phi) is 4.11. The molecule has 19 heavy (non-hydrogen) atoms. The van der Waals surface area contributed by atoms with Crippen molar-refractivity contribution in [1.29, 1.82) is 0 Å². The molecule has 1 aliphatic heterocycles. The molecule has 3 nitrogen and oxygen atoms in total. The van der Waals surface area contributed by atoms with Gasteiger partial charge in [0.25, 0.3) is 0 Å². The zero-order valence-corrected chi connectivity index (χ0v) is 12.2. The fourth-order valence-electron chi connectivity index (χ4n) is 4.50. The number of nitrogens with one attached hydrogen (secondary N) is 1. The van der Waals surface area contributed by atoms with Crippen LogP contribution in [-0.4, -0.2) is 36.5 Å². The molecule has 4 atom stereocenters. The molecule has 2 aliphatic carbocycles. The van der Waals surface area contributed by atoms with Crippen LogP contribution in [0.3, 0.4) is 0 Å². The highest BCUT2D eigenvalue weighted by molar-refractivity contribution is 5.79. The van der Waals surface area contributed by atoms with Crippen molar-refractivity contribution in [3.8, 4) is 0 Å². The van der Waals surface area contributed by atoms with Crippen molar-refractivity contribution in [3.63, 3.8) is 0 Å². The molecule has 108 valence electrons. The Bertz CT molecular complexity index is 325. The Morgan fingerprint density at radius 1 is 1.21 bits per heavy atom. The van der Waals surface area contributed by atoms with Gasteiger partial charge in [-0.15, -0.1) is 0 Å². The molecule has 4 unspecified atom stereocenters. The van der Waals surface area contributed by atoms with Gasteiger partial charge in [0.05, 0.1) is 0 Å². The average Bonchev–Trinajstić information content (AvgIpc) is 3.08. The van der Waals surface area contributed by atoms with Gasteiger partial charge in [0.2, 0.25) is 5.91 Å². The molecule has 2 saturated carbocycles. The largest absolute Gasteiger partial charge is 0.341 e. The Morgan fingerprint density at radius 3 is 2.68 bits per heavy atom. The summed E-state index contributed by atoms with van der Waals surface area (Å²) in [4.78, 5) is 14.9. The minimum absolute atomic E-state index is 0.363. The van der Waals surface area contributed by atoms with Crippen molar-refractivity contribution in [1.82, 2.24) is 10.2 Å². The first-order valence-electron chi connectivity index (χ1n) is 8.30. The number of fused-ring (bicyclic) bond motifs is 2. The van der Waals surface area contributed by atoms with E-state index >= 15 is 0 Å². The molecular weight excluding hydrogens is 236 g/mol. The van der Waals surface area contributed by atoms with Gasteiger partial charge in [-0.05, 0) is 57.4 Å². The lowest BCUT2D eigenvalue weighted by Gasteiger charge is -2.33. The van der Waals surface area contributed by atoms with E-state index < -0.39 is 0 Å². The normalized spacial score (nSPS) is 37.5. The Balaban J connectivity index is 1.56. The zero-order chi connectivity index (χ0) is 13.2. The second-order valence-electron chi connectivity index (χ2n) is 6.81. The molecule has 1 heterocycles. The van der Waals surface area contributed by atoms with E-state index in [0.717, 1.165) is 25.6 Å². The summed E-state index contributed by atoms with van der Waals surface area (Å²) < 4.78 is 0. The Labute approximate surface area is 117 Å². The fourth-order valence-corrected chi connectivity index (χ4v) is 4.50. The Hall–Kier alpha value is -0.570. The van der Waals surface area contributed by atoms with Crippen LogP contribution in [0.4, 0.5) is 0 Å². The molecule has 1 amide bonds. The molecule has 0 aromatic carbocycles. The summed E-state index contributed by atoms with van der Waals surface area (Å²) in [6.45, 7) is 5.08. The zero-order valence-electron chi connectivity index (χ0n) is 12.2. The molecule has 0 aromatic rings. The summed E-state index contributed by atoms with van der Waals surface area (Å²) >= 11 is 0. The second kappa shape index (κ2) is 5.82. The first-order valence-corrected chi connectivity index (χ1v) is 8.30. The average molecular weight is 264 g/mol. The highest BCUT2D eigenvalue weighted by atomic mass is 16.2. The Morgan fingerprint density at radius 2 is 2.11 bits per heavy atom. The first kappa shape index (κ1) is 13.4. The van der Waals surface area contributed by atoms with Crippen molar-refractivity contribution < 1.29 is 4.79 Å². The second-order valence-corrected chi connectivity index (χ2v) is 6.81. The van der Waals surface area contributed by atoms with Gasteiger partial charge < -0.3 is 10.2 Å². The number of nitrogens with zero attached hydrogens (tertiary/aromatic N) is 1. The van der Waals surface area contributed by atoms with Gasteiger partial charge in [0.1, 0.15) is 0 Å². The van der Waals surface area contributed by atoms with Crippen LogP contribution in [0, 0.1) is 17.8 Å². The monoisotopic (exact) mass is 264 g/mol. The van der Waals surface area contributed by atoms with Crippen LogP contribution in [0.1, 0.15) is 51.9 Å². The number of amides is 1. The molecule has 3 rings (SSSR count). The summed E-state index contributed by atoms with van der Waals surface area (Å²) in [6.07, 6.45) is 9.04. The summed E-state index contributed by atoms with van der Waals surface area (Å²) in [5.74, 6) is 2.40. The highest BCUT2D eigenvalue weighted by Gasteiger charge is 2.44. The molecule has 0 spiro atoms. The van der Waals surface area contributed by atoms with E-state index in [4.69, 9.17) is 0 Å². The van der Waals surface area contributed by atoms with Crippen molar-refractivity contribution in [2.24, 2.45) is 17.8 Å². The van der Waals surface area contributed by atoms with E-state index in [2.05, 4.69) is 17.1 Å². The quantitative estimate of drug-likeness (QED) is 0.845. The molecule has 0 radical (unpaired) electrons. The maximum Gasteiger partial charge on any atom is 0.226 e. The smallest absolute Gasteiger partial charge is 0.226 e. The summed E-state index contributed by atoms with van der Waals surface area (Å²) in [5.41, 5.74) is 0. The van der Waals surface area contributed by atoms with Crippen molar-refractivity contribution >= 4 is 5.91 Å². The predicted molar refractivity (Wildman–Crippen MR) is 76.8 cm³/mol. The minimum Gasteiger partial charge on any atom is -0.341 e. The number of carbonyl (C=O) groups is 1. The van der Waals surface area contributed by atoms with Crippen molar-refractivity contribution in [2.45, 2.75) is 57.9 Å². The lowest BCUT2D eigenvalue weighted by atomic mass is 9.87. The van der Waals surface area contributed by atoms with Crippen LogP contribution in [0.5, 0.6) is 0 Å². The maximum absolute atomic E-state index is 12.7. The van der Waals surface area contributed by atoms with E-state index in [-0.39, 0.29) is 0 Å². The predicted octanol–water partition coefficient (Wildman–Crippen LogP) is 2.41. The molecule has 0 aromatic heterocycles. The topological polar surface area (TPSA) is 32.3 Å². The molecule has 3 fully saturated rings. The number of rotatable bonds is 4. The number of hydrogen-bond donors (Lipinski definition) is 1. The fraction of sp³-hybridized carbons (Fsp3) is 0.938. The van der Waals surface area contributed by atoms with E-state index in [1.807, 2.05) is 0 Å². The standard InChI is InChI=1S/C16H28N2O/c1-2-18(11-14-5-3-4-8-17-14)16(19)15-10-12-6-7-13(15)9-12/h12-15,17H,2-11H2,1H3. The molecule has 3 aliphatic rings. The van der Waals surface area contributed by atoms with E-state index in [0.29, 0.717) is 23.8 Å². The first-order chi connectivity index (χ1) is 9.28. The maximum atomic E-state index is 12.7. The van der Waals surface area contributed by atoms with Gasteiger partial charge in [0.15, 0.2) is 0 Å². The van der Waals surface area contributed by atoms with Gasteiger partial charge in [0, 0.05) is 25.0 Å². The third-order valence-corrected chi connectivity index (χ3v) is 5.60. The van der Waals surface area contributed by atoms with Gasteiger partial charge in [-0.2, -0.15) is 0 Å². The SMILES string of the molecule is CCN(CC1CCCCN1)C(=O)C1CC2CCC1C2. The number of likely N-dealkylation sites (N-methyl/N-ethyl adjacent to an activating group) is 1. The van der Waals surface area contributed by atoms with Crippen LogP contribution in [0.15, 0.2) is 0 Å². The number of hydrogen-bond acceptors (Lipinski definition) is 2. The summed E-state index contributed by atoms with van der Waals surface area (Å²) in [6, 6.07) is 0.538. The molecule has 3 heteroatoms. The van der Waals surface area contributed by atoms with Crippen molar-refractivity contribution in [2.75, 3.05) is 19.6 Å². The lowest BCUT2D eigenvalue weighted by molar-refractivity contribution is -0.137. The molecule has 1 saturated heterocycles. The van der Waals surface area contributed by atoms with E-state index in [1.54, 1.807) is 0 Å². The summed E-state index contributed by atoms with van der Waals surface area (Å²) in [5, 5.41) is 3.57. The molecule has 1 N–H and O–H groups in total. The van der Waals surface area contributed by atoms with Crippen LogP contribution in [-0.2, 0) is 4.79 Å². The van der Waals surface area contributed by atoms with Gasteiger partial charge >= 0.3 is 0 Å². The molecular formula is C16H28N2O. The molecule has 2 bridgehead atoms. The van der Waals surface area contributed by atoms with Crippen LogP contribution >= 0.6 is 0 Å². The third kappa shape index (κ3) is 2.81. The van der Waals surface area contributed by atoms with Gasteiger partial charge in [-0.1, -0.05) is 12.8 Å². The summed E-state index contributed by atoms with van der Waals surface area (Å²) in [7, 11) is 0. The highest BCUT2D eigenvalue weighted by Crippen LogP contribution is 2.48. The van der Waals surface area contributed by atoms with Crippen LogP contribution in [0.25, 0.3) is 0 Å². The third-order valence-electron chi connectivity index (χ3n) is 5.60. The van der Waals surface area contributed by atoms with Crippen molar-refractivity contribution in [3.05, 3.63) is 0 Å². The van der Waals surface area contributed by atoms with Crippen LogP contribution < -0.4 is 5.32 Å². The van der Waals surface area contributed by atoms with Gasteiger partial charge in [-0.3, -0.25) is 4.79 Å². The van der Waals surface area contributed by atoms with E-state index in [1.165, 1.54) is 44.9 Å². The van der Waals surface area contributed by atoms with Gasteiger partial charge in [-0.25, -0.2) is 0 Å². The number of piperidine rings is 1. The van der Waals surface area contributed by atoms with Crippen LogP contribution in [0.2, 0.25) is 0 Å². The number of carbonyl (C=O) groups excluding carboxylic acids is 1. The lowest BCUT2D eigenvalue weighted by Crippen LogP contribution is -2.47.